The first-order valence-electron chi connectivity index (χ1n) is 6.59. The van der Waals surface area contributed by atoms with Crippen LogP contribution >= 0.6 is 0 Å². The summed E-state index contributed by atoms with van der Waals surface area (Å²) in [5.74, 6) is -0.784. The number of hydrogen-bond donors (Lipinski definition) is 1. The van der Waals surface area contributed by atoms with Crippen LogP contribution in [0.4, 0.5) is 0 Å². The second kappa shape index (κ2) is 8.68. The molecule has 0 fully saturated rings. The summed E-state index contributed by atoms with van der Waals surface area (Å²) in [6, 6.07) is 6.30. The molecule has 0 saturated heterocycles. The van der Waals surface area contributed by atoms with Crippen LogP contribution in [0, 0.1) is 5.92 Å². The summed E-state index contributed by atoms with van der Waals surface area (Å²) in [7, 11) is 0. The van der Waals surface area contributed by atoms with Crippen LogP contribution in [0.5, 0.6) is 5.75 Å². The van der Waals surface area contributed by atoms with E-state index < -0.39 is 11.9 Å². The molecule has 0 amide bonds. The predicted octanol–water partition coefficient (Wildman–Crippen LogP) is 2.18. The Hall–Kier alpha value is -2.43. The van der Waals surface area contributed by atoms with Crippen LogP contribution < -0.4 is 0 Å². The van der Waals surface area contributed by atoms with Gasteiger partial charge in [0.25, 0.3) is 0 Å². The molecule has 0 aliphatic rings. The molecule has 112 valence electrons. The lowest BCUT2D eigenvalue weighted by Crippen LogP contribution is -2.15. The van der Waals surface area contributed by atoms with Gasteiger partial charge < -0.3 is 14.6 Å². The van der Waals surface area contributed by atoms with Crippen LogP contribution in [0.3, 0.4) is 0 Å². The number of esters is 1. The standard InChI is InChI=1S/C16H18O5/c1-2-13(10-18)14(7-8-17)9-16(20)21-11-12-3-5-15(19)6-4-12/h2-6,8,10,14,19H,7,9,11H2,1H3/t14-/m0/s1. The van der Waals surface area contributed by atoms with E-state index in [2.05, 4.69) is 0 Å². The Bertz CT molecular complexity index is 516. The van der Waals surface area contributed by atoms with E-state index in [1.807, 2.05) is 0 Å². The van der Waals surface area contributed by atoms with Gasteiger partial charge in [0.2, 0.25) is 0 Å². The summed E-state index contributed by atoms with van der Waals surface area (Å²) in [4.78, 5) is 33.3. The van der Waals surface area contributed by atoms with E-state index in [1.165, 1.54) is 12.1 Å². The Kier molecular flexibility index (Phi) is 6.87. The molecule has 21 heavy (non-hydrogen) atoms. The van der Waals surface area contributed by atoms with Gasteiger partial charge in [-0.2, -0.15) is 0 Å². The second-order valence-electron chi connectivity index (χ2n) is 4.54. The van der Waals surface area contributed by atoms with E-state index in [-0.39, 0.29) is 25.2 Å². The first-order chi connectivity index (χ1) is 10.1. The van der Waals surface area contributed by atoms with Crippen LogP contribution in [-0.2, 0) is 25.7 Å². The average Bonchev–Trinajstić information content (AvgIpc) is 2.48. The van der Waals surface area contributed by atoms with Crippen molar-refractivity contribution in [3.63, 3.8) is 0 Å². The van der Waals surface area contributed by atoms with Gasteiger partial charge in [0.05, 0.1) is 6.42 Å². The maximum absolute atomic E-state index is 11.8. The lowest BCUT2D eigenvalue weighted by Gasteiger charge is -2.13. The molecule has 0 bridgehead atoms. The summed E-state index contributed by atoms with van der Waals surface area (Å²) >= 11 is 0. The molecule has 5 nitrogen and oxygen atoms in total. The Labute approximate surface area is 123 Å². The van der Waals surface area contributed by atoms with E-state index in [4.69, 9.17) is 9.84 Å². The van der Waals surface area contributed by atoms with Crippen LogP contribution in [0.1, 0.15) is 25.3 Å². The van der Waals surface area contributed by atoms with E-state index in [0.717, 1.165) is 5.56 Å². The lowest BCUT2D eigenvalue weighted by atomic mass is 9.93. The highest BCUT2D eigenvalue weighted by Gasteiger charge is 2.18. The zero-order chi connectivity index (χ0) is 15.7. The molecule has 0 aliphatic carbocycles. The predicted molar refractivity (Wildman–Crippen MR) is 76.5 cm³/mol. The molecule has 0 spiro atoms. The molecule has 5 heteroatoms. The summed E-state index contributed by atoms with van der Waals surface area (Å²) in [5.41, 5.74) is 1.17. The Morgan fingerprint density at radius 2 is 1.95 bits per heavy atom. The highest BCUT2D eigenvalue weighted by atomic mass is 16.5. The minimum atomic E-state index is -0.476. The number of benzene rings is 1. The van der Waals surface area contributed by atoms with Crippen LogP contribution in [0.2, 0.25) is 0 Å². The number of carbonyl (C=O) groups is 3. The van der Waals surface area contributed by atoms with Crippen molar-refractivity contribution in [3.05, 3.63) is 41.5 Å². The number of aromatic hydroxyl groups is 1. The molecule has 1 aromatic carbocycles. The molecule has 0 saturated carbocycles. The van der Waals surface area contributed by atoms with Crippen molar-refractivity contribution in [2.45, 2.75) is 26.4 Å². The first-order valence-corrected chi connectivity index (χ1v) is 6.59. The lowest BCUT2D eigenvalue weighted by molar-refractivity contribution is -0.145. The summed E-state index contributed by atoms with van der Waals surface area (Å²) in [6.07, 6.45) is 3.02. The fraction of sp³-hybridized carbons (Fsp3) is 0.312. The number of ether oxygens (including phenoxy) is 1. The molecular formula is C16H18O5. The maximum Gasteiger partial charge on any atom is 0.306 e. The van der Waals surface area contributed by atoms with Crippen LogP contribution in [0.15, 0.2) is 35.9 Å². The minimum absolute atomic E-state index is 0.0186. The Morgan fingerprint density at radius 3 is 2.48 bits per heavy atom. The minimum Gasteiger partial charge on any atom is -0.508 e. The Morgan fingerprint density at radius 1 is 1.29 bits per heavy atom. The van der Waals surface area contributed by atoms with Crippen molar-refractivity contribution in [1.29, 1.82) is 0 Å². The fourth-order valence-electron chi connectivity index (χ4n) is 1.87. The number of allylic oxidation sites excluding steroid dienone is 2. The molecule has 0 aliphatic heterocycles. The van der Waals surface area contributed by atoms with Crippen molar-refractivity contribution < 1.29 is 24.2 Å². The van der Waals surface area contributed by atoms with Crippen molar-refractivity contribution in [2.75, 3.05) is 0 Å². The van der Waals surface area contributed by atoms with E-state index >= 15 is 0 Å². The summed E-state index contributed by atoms with van der Waals surface area (Å²) in [6.45, 7) is 1.77. The Balaban J connectivity index is 2.55. The number of phenolic OH excluding ortho intramolecular Hbond substituents is 1. The third-order valence-electron chi connectivity index (χ3n) is 3.07. The molecule has 1 atom stereocenters. The molecule has 1 aromatic rings. The second-order valence-corrected chi connectivity index (χ2v) is 4.54. The zero-order valence-electron chi connectivity index (χ0n) is 11.8. The zero-order valence-corrected chi connectivity index (χ0v) is 11.8. The average molecular weight is 290 g/mol. The monoisotopic (exact) mass is 290 g/mol. The normalized spacial score (nSPS) is 12.5. The number of aldehydes is 2. The SMILES string of the molecule is CC=C(C=O)[C@@H](CC=O)CC(=O)OCc1ccc(O)cc1. The summed E-state index contributed by atoms with van der Waals surface area (Å²) < 4.78 is 5.10. The maximum atomic E-state index is 11.8. The quantitative estimate of drug-likeness (QED) is 0.451. The third-order valence-corrected chi connectivity index (χ3v) is 3.07. The molecule has 0 unspecified atom stereocenters. The highest BCUT2D eigenvalue weighted by Crippen LogP contribution is 2.18. The molecule has 0 radical (unpaired) electrons. The molecule has 1 rings (SSSR count). The van der Waals surface area contributed by atoms with Gasteiger partial charge in [-0.3, -0.25) is 9.59 Å². The molecule has 0 heterocycles. The van der Waals surface area contributed by atoms with Gasteiger partial charge in [-0.1, -0.05) is 18.2 Å². The molecule has 0 aromatic heterocycles. The number of carbonyl (C=O) groups excluding carboxylic acids is 3. The number of rotatable bonds is 8. The van der Waals surface area contributed by atoms with Crippen molar-refractivity contribution in [1.82, 2.24) is 0 Å². The van der Waals surface area contributed by atoms with Gasteiger partial charge in [-0.25, -0.2) is 0 Å². The number of hydrogen-bond acceptors (Lipinski definition) is 5. The van der Waals surface area contributed by atoms with E-state index in [9.17, 15) is 14.4 Å². The largest absolute Gasteiger partial charge is 0.508 e. The molecule has 1 N–H and O–H groups in total. The van der Waals surface area contributed by atoms with Gasteiger partial charge in [0.1, 0.15) is 24.9 Å². The van der Waals surface area contributed by atoms with Gasteiger partial charge in [0, 0.05) is 12.3 Å². The van der Waals surface area contributed by atoms with Crippen molar-refractivity contribution >= 4 is 18.5 Å². The first kappa shape index (κ1) is 16.6. The fourth-order valence-corrected chi connectivity index (χ4v) is 1.87. The highest BCUT2D eigenvalue weighted by molar-refractivity contribution is 5.78. The topological polar surface area (TPSA) is 80.7 Å². The smallest absolute Gasteiger partial charge is 0.306 e. The van der Waals surface area contributed by atoms with Gasteiger partial charge in [-0.05, 0) is 30.2 Å². The molecular weight excluding hydrogens is 272 g/mol. The van der Waals surface area contributed by atoms with Gasteiger partial charge in [-0.15, -0.1) is 0 Å². The summed E-state index contributed by atoms with van der Waals surface area (Å²) in [5, 5.41) is 9.15. The van der Waals surface area contributed by atoms with E-state index in [0.29, 0.717) is 18.1 Å². The third kappa shape index (κ3) is 5.60. The van der Waals surface area contributed by atoms with Crippen molar-refractivity contribution in [3.8, 4) is 5.75 Å². The van der Waals surface area contributed by atoms with Crippen LogP contribution in [-0.4, -0.2) is 23.6 Å². The van der Waals surface area contributed by atoms with Crippen LogP contribution in [0.25, 0.3) is 0 Å². The van der Waals surface area contributed by atoms with Gasteiger partial charge in [0.15, 0.2) is 0 Å². The van der Waals surface area contributed by atoms with Crippen molar-refractivity contribution in [2.24, 2.45) is 5.92 Å². The number of phenols is 1. The van der Waals surface area contributed by atoms with Gasteiger partial charge >= 0.3 is 5.97 Å². The van der Waals surface area contributed by atoms with E-state index in [1.54, 1.807) is 25.1 Å².